The molecule has 0 amide bonds. The maximum Gasteiger partial charge on any atom is 0.373 e. The summed E-state index contributed by atoms with van der Waals surface area (Å²) < 4.78 is 9.76. The molecular weight excluding hydrogens is 194 g/mol. The number of nitriles is 1. The van der Waals surface area contributed by atoms with Crippen LogP contribution in [0.4, 0.5) is 0 Å². The highest BCUT2D eigenvalue weighted by Gasteiger charge is 2.12. The number of fused-ring (bicyclic) bond motifs is 1. The van der Waals surface area contributed by atoms with Gasteiger partial charge in [-0.05, 0) is 24.3 Å². The maximum absolute atomic E-state index is 11.2. The van der Waals surface area contributed by atoms with Crippen LogP contribution in [0.2, 0.25) is 0 Å². The Bertz CT molecular complexity index is 563. The number of carbonyl (C=O) groups is 1. The third kappa shape index (κ3) is 1.55. The zero-order chi connectivity index (χ0) is 10.8. The molecule has 1 aromatic heterocycles. The van der Waals surface area contributed by atoms with Gasteiger partial charge in [0.2, 0.25) is 5.76 Å². The summed E-state index contributed by atoms with van der Waals surface area (Å²) in [6.07, 6.45) is 0. The van der Waals surface area contributed by atoms with Gasteiger partial charge in [0.25, 0.3) is 0 Å². The number of furan rings is 1. The molecule has 0 saturated heterocycles. The summed E-state index contributed by atoms with van der Waals surface area (Å²) in [6, 6.07) is 8.51. The number of rotatable bonds is 1. The Balaban J connectivity index is 2.57. The van der Waals surface area contributed by atoms with Crippen molar-refractivity contribution in [3.05, 3.63) is 35.6 Å². The third-order valence-electron chi connectivity index (χ3n) is 2.03. The summed E-state index contributed by atoms with van der Waals surface area (Å²) in [6.45, 7) is 0. The number of carbonyl (C=O) groups excluding carboxylic acids is 1. The molecule has 4 heteroatoms. The van der Waals surface area contributed by atoms with E-state index in [4.69, 9.17) is 9.68 Å². The van der Waals surface area contributed by atoms with Gasteiger partial charge in [-0.3, -0.25) is 0 Å². The molecule has 0 aliphatic heterocycles. The molecule has 2 rings (SSSR count). The largest absolute Gasteiger partial charge is 0.463 e. The molecule has 1 aromatic carbocycles. The molecule has 0 saturated carbocycles. The minimum absolute atomic E-state index is 0.141. The molecule has 0 radical (unpaired) electrons. The van der Waals surface area contributed by atoms with Crippen molar-refractivity contribution in [2.45, 2.75) is 0 Å². The number of methoxy groups -OCH3 is 1. The normalized spacial score (nSPS) is 9.87. The fourth-order valence-corrected chi connectivity index (χ4v) is 1.31. The number of nitrogens with zero attached hydrogens (tertiary/aromatic N) is 1. The molecule has 0 unspecified atom stereocenters. The predicted molar refractivity (Wildman–Crippen MR) is 52.3 cm³/mol. The predicted octanol–water partition coefficient (Wildman–Crippen LogP) is 2.09. The molecule has 0 N–H and O–H groups in total. The average Bonchev–Trinajstić information content (AvgIpc) is 2.70. The smallest absolute Gasteiger partial charge is 0.373 e. The van der Waals surface area contributed by atoms with E-state index in [0.29, 0.717) is 11.1 Å². The van der Waals surface area contributed by atoms with Crippen molar-refractivity contribution in [2.24, 2.45) is 0 Å². The molecule has 0 bridgehead atoms. The van der Waals surface area contributed by atoms with Crippen molar-refractivity contribution >= 4 is 16.9 Å². The van der Waals surface area contributed by atoms with E-state index in [1.165, 1.54) is 7.11 Å². The lowest BCUT2D eigenvalue weighted by Gasteiger charge is -1.90. The van der Waals surface area contributed by atoms with Crippen molar-refractivity contribution in [3.63, 3.8) is 0 Å². The van der Waals surface area contributed by atoms with Gasteiger partial charge >= 0.3 is 5.97 Å². The van der Waals surface area contributed by atoms with Crippen LogP contribution in [-0.2, 0) is 4.74 Å². The number of hydrogen-bond donors (Lipinski definition) is 0. The van der Waals surface area contributed by atoms with Crippen LogP contribution in [0, 0.1) is 11.3 Å². The first kappa shape index (κ1) is 9.28. The molecule has 0 aliphatic carbocycles. The molecular formula is C11H7NO3. The second kappa shape index (κ2) is 3.46. The Morgan fingerprint density at radius 1 is 1.47 bits per heavy atom. The fraction of sp³-hybridized carbons (Fsp3) is 0.0909. The number of esters is 1. The third-order valence-corrected chi connectivity index (χ3v) is 2.03. The highest BCUT2D eigenvalue weighted by molar-refractivity contribution is 5.92. The van der Waals surface area contributed by atoms with Crippen molar-refractivity contribution in [3.8, 4) is 6.07 Å². The first-order valence-corrected chi connectivity index (χ1v) is 4.26. The van der Waals surface area contributed by atoms with E-state index in [1.54, 1.807) is 24.3 Å². The minimum Gasteiger partial charge on any atom is -0.463 e. The lowest BCUT2D eigenvalue weighted by atomic mass is 10.2. The van der Waals surface area contributed by atoms with Gasteiger partial charge < -0.3 is 9.15 Å². The van der Waals surface area contributed by atoms with Gasteiger partial charge in [-0.15, -0.1) is 0 Å². The Kier molecular flexibility index (Phi) is 2.14. The molecule has 15 heavy (non-hydrogen) atoms. The van der Waals surface area contributed by atoms with Gasteiger partial charge in [0, 0.05) is 5.39 Å². The molecule has 0 spiro atoms. The van der Waals surface area contributed by atoms with Gasteiger partial charge in [0.05, 0.1) is 18.7 Å². The summed E-state index contributed by atoms with van der Waals surface area (Å²) >= 11 is 0. The second-order valence-electron chi connectivity index (χ2n) is 2.97. The average molecular weight is 201 g/mol. The quantitative estimate of drug-likeness (QED) is 0.662. The molecule has 0 aliphatic rings. The van der Waals surface area contributed by atoms with Gasteiger partial charge in [-0.2, -0.15) is 5.26 Å². The van der Waals surface area contributed by atoms with Crippen LogP contribution >= 0.6 is 0 Å². The van der Waals surface area contributed by atoms with Crippen LogP contribution in [0.1, 0.15) is 16.1 Å². The maximum atomic E-state index is 11.2. The molecule has 74 valence electrons. The SMILES string of the molecule is COC(=O)c1cc2cc(C#N)ccc2o1. The monoisotopic (exact) mass is 201 g/mol. The van der Waals surface area contributed by atoms with E-state index in [0.717, 1.165) is 5.39 Å². The van der Waals surface area contributed by atoms with Crippen molar-refractivity contribution < 1.29 is 13.9 Å². The van der Waals surface area contributed by atoms with Crippen molar-refractivity contribution in [2.75, 3.05) is 7.11 Å². The van der Waals surface area contributed by atoms with Crippen LogP contribution in [0.3, 0.4) is 0 Å². The zero-order valence-corrected chi connectivity index (χ0v) is 7.98. The summed E-state index contributed by atoms with van der Waals surface area (Å²) in [4.78, 5) is 11.2. The van der Waals surface area contributed by atoms with E-state index in [2.05, 4.69) is 4.74 Å². The van der Waals surface area contributed by atoms with E-state index < -0.39 is 5.97 Å². The topological polar surface area (TPSA) is 63.2 Å². The van der Waals surface area contributed by atoms with Crippen LogP contribution in [0.15, 0.2) is 28.7 Å². The van der Waals surface area contributed by atoms with Crippen LogP contribution in [0.25, 0.3) is 11.0 Å². The Morgan fingerprint density at radius 2 is 2.27 bits per heavy atom. The van der Waals surface area contributed by atoms with E-state index >= 15 is 0 Å². The lowest BCUT2D eigenvalue weighted by Crippen LogP contribution is -1.97. The van der Waals surface area contributed by atoms with Gasteiger partial charge in [-0.1, -0.05) is 0 Å². The summed E-state index contributed by atoms with van der Waals surface area (Å²) in [5.41, 5.74) is 1.09. The first-order valence-electron chi connectivity index (χ1n) is 4.26. The number of hydrogen-bond acceptors (Lipinski definition) is 4. The number of benzene rings is 1. The highest BCUT2D eigenvalue weighted by Crippen LogP contribution is 2.20. The Morgan fingerprint density at radius 3 is 2.93 bits per heavy atom. The van der Waals surface area contributed by atoms with Gasteiger partial charge in [0.1, 0.15) is 5.58 Å². The lowest BCUT2D eigenvalue weighted by molar-refractivity contribution is 0.0567. The minimum atomic E-state index is -0.523. The van der Waals surface area contributed by atoms with Crippen LogP contribution < -0.4 is 0 Å². The molecule has 0 atom stereocenters. The van der Waals surface area contributed by atoms with Gasteiger partial charge in [-0.25, -0.2) is 4.79 Å². The summed E-state index contributed by atoms with van der Waals surface area (Å²) in [5, 5.41) is 9.40. The molecule has 4 nitrogen and oxygen atoms in total. The fourth-order valence-electron chi connectivity index (χ4n) is 1.31. The molecule has 2 aromatic rings. The van der Waals surface area contributed by atoms with Crippen molar-refractivity contribution in [1.29, 1.82) is 5.26 Å². The Labute approximate surface area is 85.7 Å². The Hall–Kier alpha value is -2.28. The number of ether oxygens (including phenoxy) is 1. The van der Waals surface area contributed by atoms with Gasteiger partial charge in [0.15, 0.2) is 0 Å². The summed E-state index contributed by atoms with van der Waals surface area (Å²) in [7, 11) is 1.29. The highest BCUT2D eigenvalue weighted by atomic mass is 16.5. The zero-order valence-electron chi connectivity index (χ0n) is 7.98. The standard InChI is InChI=1S/C11H7NO3/c1-14-11(13)10-5-8-4-7(6-12)2-3-9(8)15-10/h2-5H,1H3. The first-order chi connectivity index (χ1) is 7.24. The molecule has 0 fully saturated rings. The second-order valence-corrected chi connectivity index (χ2v) is 2.97. The van der Waals surface area contributed by atoms with E-state index in [-0.39, 0.29) is 5.76 Å². The summed E-state index contributed by atoms with van der Waals surface area (Å²) in [5.74, 6) is -0.382. The van der Waals surface area contributed by atoms with E-state index in [9.17, 15) is 4.79 Å². The van der Waals surface area contributed by atoms with Crippen LogP contribution in [-0.4, -0.2) is 13.1 Å². The molecule has 1 heterocycles. The van der Waals surface area contributed by atoms with E-state index in [1.807, 2.05) is 6.07 Å². The van der Waals surface area contributed by atoms with Crippen LogP contribution in [0.5, 0.6) is 0 Å². The van der Waals surface area contributed by atoms with Crippen molar-refractivity contribution in [1.82, 2.24) is 0 Å².